The van der Waals surface area contributed by atoms with Gasteiger partial charge in [0.25, 0.3) is 0 Å². The Morgan fingerprint density at radius 1 is 1.42 bits per heavy atom. The summed E-state index contributed by atoms with van der Waals surface area (Å²) in [6.07, 6.45) is 0.125. The van der Waals surface area contributed by atoms with Gasteiger partial charge < -0.3 is 10.0 Å². The van der Waals surface area contributed by atoms with Crippen LogP contribution in [-0.4, -0.2) is 28.4 Å². The Balaban J connectivity index is 1.78. The van der Waals surface area contributed by atoms with E-state index in [0.29, 0.717) is 13.1 Å². The van der Waals surface area contributed by atoms with Crippen molar-refractivity contribution < 1.29 is 14.7 Å². The van der Waals surface area contributed by atoms with E-state index in [4.69, 9.17) is 5.11 Å². The molecule has 1 atom stereocenters. The first-order valence-electron chi connectivity index (χ1n) is 6.11. The molecular weight excluding hydrogens is 262 g/mol. The molecule has 0 radical (unpaired) electrons. The Kier molecular flexibility index (Phi) is 2.98. The summed E-state index contributed by atoms with van der Waals surface area (Å²) in [5.74, 6) is -1.50. The van der Waals surface area contributed by atoms with Crippen LogP contribution in [0.5, 0.6) is 0 Å². The number of carboxylic acid groups (broad SMARTS) is 1. The number of carboxylic acids is 1. The highest BCUT2D eigenvalue weighted by atomic mass is 32.1. The fourth-order valence-electron chi connectivity index (χ4n) is 2.39. The lowest BCUT2D eigenvalue weighted by atomic mass is 10.1. The number of fused-ring (bicyclic) bond motifs is 1. The molecule has 2 aromatic rings. The first-order chi connectivity index (χ1) is 9.13. The van der Waals surface area contributed by atoms with E-state index in [-0.39, 0.29) is 12.3 Å². The van der Waals surface area contributed by atoms with Crippen LogP contribution in [0.15, 0.2) is 30.3 Å². The maximum Gasteiger partial charge on any atom is 0.308 e. The lowest BCUT2D eigenvalue weighted by Gasteiger charge is -2.14. The molecule has 3 rings (SSSR count). The molecule has 2 heterocycles. The number of rotatable bonds is 3. The highest BCUT2D eigenvalue weighted by Gasteiger charge is 2.34. The summed E-state index contributed by atoms with van der Waals surface area (Å²) in [5.41, 5.74) is 0. The smallest absolute Gasteiger partial charge is 0.308 e. The standard InChI is InChI=1S/C14H13NO3S/c16-13-6-10(14(17)18)7-15(13)8-11-5-9-3-1-2-4-12(9)19-11/h1-5,10H,6-8H2,(H,17,18). The highest BCUT2D eigenvalue weighted by molar-refractivity contribution is 7.19. The van der Waals surface area contributed by atoms with Gasteiger partial charge in [0.2, 0.25) is 5.91 Å². The van der Waals surface area contributed by atoms with E-state index >= 15 is 0 Å². The number of thiophene rings is 1. The van der Waals surface area contributed by atoms with Crippen molar-refractivity contribution in [2.45, 2.75) is 13.0 Å². The molecule has 0 saturated carbocycles. The fraction of sp³-hybridized carbons (Fsp3) is 0.286. The van der Waals surface area contributed by atoms with Crippen LogP contribution in [-0.2, 0) is 16.1 Å². The lowest BCUT2D eigenvalue weighted by Crippen LogP contribution is -2.25. The second-order valence-corrected chi connectivity index (χ2v) is 5.93. The molecule has 1 aliphatic heterocycles. The second kappa shape index (κ2) is 4.66. The molecule has 1 aliphatic rings. The van der Waals surface area contributed by atoms with Crippen LogP contribution >= 0.6 is 11.3 Å². The molecule has 19 heavy (non-hydrogen) atoms. The van der Waals surface area contributed by atoms with Gasteiger partial charge in [-0.3, -0.25) is 9.59 Å². The van der Waals surface area contributed by atoms with Crippen molar-refractivity contribution in [3.05, 3.63) is 35.2 Å². The molecule has 1 N–H and O–H groups in total. The van der Waals surface area contributed by atoms with E-state index in [1.807, 2.05) is 18.2 Å². The zero-order valence-corrected chi connectivity index (χ0v) is 11.0. The third-order valence-electron chi connectivity index (χ3n) is 3.39. The topological polar surface area (TPSA) is 57.6 Å². The van der Waals surface area contributed by atoms with Crippen LogP contribution in [0.1, 0.15) is 11.3 Å². The van der Waals surface area contributed by atoms with Crippen LogP contribution in [0.4, 0.5) is 0 Å². The molecule has 0 aliphatic carbocycles. The monoisotopic (exact) mass is 275 g/mol. The fourth-order valence-corrected chi connectivity index (χ4v) is 3.47. The van der Waals surface area contributed by atoms with E-state index < -0.39 is 11.9 Å². The van der Waals surface area contributed by atoms with Crippen LogP contribution in [0.25, 0.3) is 10.1 Å². The van der Waals surface area contributed by atoms with Crippen molar-refractivity contribution in [2.24, 2.45) is 5.92 Å². The predicted octanol–water partition coefficient (Wildman–Crippen LogP) is 2.33. The summed E-state index contributed by atoms with van der Waals surface area (Å²) in [6.45, 7) is 0.838. The van der Waals surface area contributed by atoms with Crippen molar-refractivity contribution in [1.82, 2.24) is 4.90 Å². The molecule has 98 valence electrons. The number of carbonyl (C=O) groups excluding carboxylic acids is 1. The number of aliphatic carboxylic acids is 1. The number of nitrogens with zero attached hydrogens (tertiary/aromatic N) is 1. The average molecular weight is 275 g/mol. The second-order valence-electron chi connectivity index (χ2n) is 4.76. The van der Waals surface area contributed by atoms with Crippen molar-refractivity contribution in [3.63, 3.8) is 0 Å². The first-order valence-corrected chi connectivity index (χ1v) is 6.93. The van der Waals surface area contributed by atoms with Crippen molar-refractivity contribution in [1.29, 1.82) is 0 Å². The zero-order valence-electron chi connectivity index (χ0n) is 10.2. The molecule has 1 amide bonds. The summed E-state index contributed by atoms with van der Waals surface area (Å²) in [6, 6.07) is 10.1. The Labute approximate surface area is 114 Å². The third-order valence-corrected chi connectivity index (χ3v) is 4.49. The number of hydrogen-bond acceptors (Lipinski definition) is 3. The number of carbonyl (C=O) groups is 2. The Bertz CT molecular complexity index is 616. The molecule has 0 bridgehead atoms. The minimum Gasteiger partial charge on any atom is -0.481 e. The van der Waals surface area contributed by atoms with Crippen LogP contribution < -0.4 is 0 Å². The van der Waals surface area contributed by atoms with Gasteiger partial charge in [0.05, 0.1) is 12.5 Å². The van der Waals surface area contributed by atoms with Crippen molar-refractivity contribution in [3.8, 4) is 0 Å². The van der Waals surface area contributed by atoms with Gasteiger partial charge in [-0.15, -0.1) is 11.3 Å². The Hall–Kier alpha value is -1.88. The normalized spacial score (nSPS) is 19.3. The molecule has 5 heteroatoms. The summed E-state index contributed by atoms with van der Waals surface area (Å²) in [7, 11) is 0. The van der Waals surface area contributed by atoms with E-state index in [9.17, 15) is 9.59 Å². The van der Waals surface area contributed by atoms with E-state index in [2.05, 4.69) is 12.1 Å². The number of likely N-dealkylation sites (tertiary alicyclic amines) is 1. The zero-order chi connectivity index (χ0) is 13.4. The molecular formula is C14H13NO3S. The lowest BCUT2D eigenvalue weighted by molar-refractivity contribution is -0.141. The van der Waals surface area contributed by atoms with Gasteiger partial charge in [-0.1, -0.05) is 18.2 Å². The summed E-state index contributed by atoms with van der Waals surface area (Å²) in [4.78, 5) is 25.4. The van der Waals surface area contributed by atoms with E-state index in [0.717, 1.165) is 4.88 Å². The van der Waals surface area contributed by atoms with Gasteiger partial charge in [-0.05, 0) is 17.5 Å². The van der Waals surface area contributed by atoms with Crippen molar-refractivity contribution >= 4 is 33.3 Å². The van der Waals surface area contributed by atoms with Gasteiger partial charge in [0.15, 0.2) is 0 Å². The summed E-state index contributed by atoms with van der Waals surface area (Å²) < 4.78 is 1.19. The molecule has 0 spiro atoms. The summed E-state index contributed by atoms with van der Waals surface area (Å²) >= 11 is 1.65. The first kappa shape index (κ1) is 12.2. The maximum absolute atomic E-state index is 11.8. The Morgan fingerprint density at radius 2 is 2.21 bits per heavy atom. The van der Waals surface area contributed by atoms with Gasteiger partial charge in [0.1, 0.15) is 0 Å². The Morgan fingerprint density at radius 3 is 2.89 bits per heavy atom. The maximum atomic E-state index is 11.8. The van der Waals surface area contributed by atoms with Crippen LogP contribution in [0.3, 0.4) is 0 Å². The largest absolute Gasteiger partial charge is 0.481 e. The molecule has 1 aromatic carbocycles. The van der Waals surface area contributed by atoms with Crippen LogP contribution in [0.2, 0.25) is 0 Å². The van der Waals surface area contributed by atoms with Crippen molar-refractivity contribution in [2.75, 3.05) is 6.54 Å². The van der Waals surface area contributed by atoms with Gasteiger partial charge in [0, 0.05) is 22.5 Å². The summed E-state index contributed by atoms with van der Waals surface area (Å²) in [5, 5.41) is 10.1. The van der Waals surface area contributed by atoms with E-state index in [1.165, 1.54) is 10.1 Å². The number of hydrogen-bond donors (Lipinski definition) is 1. The quantitative estimate of drug-likeness (QED) is 0.935. The molecule has 1 unspecified atom stereocenters. The molecule has 1 aromatic heterocycles. The minimum absolute atomic E-state index is 0.0649. The predicted molar refractivity (Wildman–Crippen MR) is 73.0 cm³/mol. The van der Waals surface area contributed by atoms with E-state index in [1.54, 1.807) is 16.2 Å². The van der Waals surface area contributed by atoms with Gasteiger partial charge in [-0.2, -0.15) is 0 Å². The molecule has 1 saturated heterocycles. The number of benzene rings is 1. The third kappa shape index (κ3) is 2.33. The SMILES string of the molecule is O=C(O)C1CC(=O)N(Cc2cc3ccccc3s2)C1. The number of amides is 1. The van der Waals surface area contributed by atoms with Gasteiger partial charge in [-0.25, -0.2) is 0 Å². The van der Waals surface area contributed by atoms with Crippen LogP contribution in [0, 0.1) is 5.92 Å². The average Bonchev–Trinajstić information content (AvgIpc) is 2.93. The minimum atomic E-state index is -0.882. The molecule has 1 fully saturated rings. The highest BCUT2D eigenvalue weighted by Crippen LogP contribution is 2.28. The molecule has 4 nitrogen and oxygen atoms in total. The van der Waals surface area contributed by atoms with Gasteiger partial charge >= 0.3 is 5.97 Å².